The molecular formula is C14H24O7. The van der Waals surface area contributed by atoms with Crippen molar-refractivity contribution in [1.29, 1.82) is 0 Å². The fraction of sp³-hybridized carbons (Fsp3) is 0.857. The number of ether oxygens (including phenoxy) is 4. The third kappa shape index (κ3) is 6.88. The van der Waals surface area contributed by atoms with Crippen molar-refractivity contribution in [1.82, 2.24) is 0 Å². The standard InChI is InChI=1S/C14H24O7/c1-11(15)18-9-14(17,10-19-12(2)16)6-4-5-13(3)20-7-8-21-13/h17H,4-10H2,1-3H3. The summed E-state index contributed by atoms with van der Waals surface area (Å²) in [7, 11) is 0. The maximum Gasteiger partial charge on any atom is 0.302 e. The molecule has 1 aliphatic heterocycles. The van der Waals surface area contributed by atoms with Crippen LogP contribution in [0.3, 0.4) is 0 Å². The maximum atomic E-state index is 10.9. The summed E-state index contributed by atoms with van der Waals surface area (Å²) < 4.78 is 20.6. The molecule has 0 aromatic heterocycles. The molecule has 0 radical (unpaired) electrons. The third-order valence-corrected chi connectivity index (χ3v) is 3.26. The fourth-order valence-corrected chi connectivity index (χ4v) is 2.10. The number of carbonyl (C=O) groups excluding carboxylic acids is 2. The lowest BCUT2D eigenvalue weighted by molar-refractivity contribution is -0.165. The van der Waals surface area contributed by atoms with Gasteiger partial charge in [-0.1, -0.05) is 0 Å². The van der Waals surface area contributed by atoms with Crippen LogP contribution in [0, 0.1) is 0 Å². The molecule has 7 heteroatoms. The SMILES string of the molecule is CC(=O)OCC(O)(CCCC1(C)OCCO1)COC(C)=O. The Morgan fingerprint density at radius 3 is 2.05 bits per heavy atom. The Labute approximate surface area is 124 Å². The van der Waals surface area contributed by atoms with E-state index in [9.17, 15) is 14.7 Å². The molecular weight excluding hydrogens is 280 g/mol. The second-order valence-electron chi connectivity index (χ2n) is 5.47. The van der Waals surface area contributed by atoms with Gasteiger partial charge in [-0.2, -0.15) is 0 Å². The Morgan fingerprint density at radius 1 is 1.14 bits per heavy atom. The van der Waals surface area contributed by atoms with Crippen LogP contribution in [-0.4, -0.2) is 54.9 Å². The van der Waals surface area contributed by atoms with Crippen molar-refractivity contribution in [3.8, 4) is 0 Å². The quantitative estimate of drug-likeness (QED) is 0.662. The number of hydrogen-bond acceptors (Lipinski definition) is 7. The number of hydrogen-bond donors (Lipinski definition) is 1. The molecule has 21 heavy (non-hydrogen) atoms. The minimum absolute atomic E-state index is 0.214. The second-order valence-corrected chi connectivity index (χ2v) is 5.47. The van der Waals surface area contributed by atoms with Crippen LogP contribution < -0.4 is 0 Å². The van der Waals surface area contributed by atoms with Crippen LogP contribution in [0.5, 0.6) is 0 Å². The van der Waals surface area contributed by atoms with Crippen LogP contribution >= 0.6 is 0 Å². The number of esters is 2. The lowest BCUT2D eigenvalue weighted by atomic mass is 9.96. The second kappa shape index (κ2) is 7.72. The van der Waals surface area contributed by atoms with Gasteiger partial charge in [0, 0.05) is 20.3 Å². The van der Waals surface area contributed by atoms with Crippen LogP contribution in [0.1, 0.15) is 40.0 Å². The monoisotopic (exact) mass is 304 g/mol. The van der Waals surface area contributed by atoms with Crippen LogP contribution in [0.2, 0.25) is 0 Å². The third-order valence-electron chi connectivity index (χ3n) is 3.26. The Hall–Kier alpha value is -1.18. The van der Waals surface area contributed by atoms with Crippen molar-refractivity contribution in [2.24, 2.45) is 0 Å². The van der Waals surface area contributed by atoms with Crippen molar-refractivity contribution in [3.63, 3.8) is 0 Å². The number of carbonyl (C=O) groups is 2. The summed E-state index contributed by atoms with van der Waals surface area (Å²) in [5.41, 5.74) is -1.40. The fourth-order valence-electron chi connectivity index (χ4n) is 2.10. The highest BCUT2D eigenvalue weighted by molar-refractivity contribution is 5.66. The topological polar surface area (TPSA) is 91.3 Å². The van der Waals surface area contributed by atoms with Crippen LogP contribution in [0.25, 0.3) is 0 Å². The van der Waals surface area contributed by atoms with Crippen LogP contribution in [0.15, 0.2) is 0 Å². The van der Waals surface area contributed by atoms with E-state index in [2.05, 4.69) is 0 Å². The summed E-state index contributed by atoms with van der Waals surface area (Å²) in [6, 6.07) is 0. The zero-order chi connectivity index (χ0) is 15.9. The molecule has 7 nitrogen and oxygen atoms in total. The van der Waals surface area contributed by atoms with Gasteiger partial charge in [0.2, 0.25) is 0 Å². The summed E-state index contributed by atoms with van der Waals surface area (Å²) in [5.74, 6) is -1.62. The molecule has 0 saturated carbocycles. The average molecular weight is 304 g/mol. The molecule has 1 aliphatic rings. The van der Waals surface area contributed by atoms with Crippen molar-refractivity contribution in [2.75, 3.05) is 26.4 Å². The first-order valence-electron chi connectivity index (χ1n) is 7.02. The molecule has 0 unspecified atom stereocenters. The Kier molecular flexibility index (Phi) is 6.57. The summed E-state index contributed by atoms with van der Waals surface area (Å²) in [6.45, 7) is 5.05. The van der Waals surface area contributed by atoms with Crippen molar-refractivity contribution in [2.45, 2.75) is 51.4 Å². The molecule has 0 amide bonds. The largest absolute Gasteiger partial charge is 0.463 e. The minimum atomic E-state index is -1.40. The van der Waals surface area contributed by atoms with Gasteiger partial charge in [0.15, 0.2) is 5.79 Å². The average Bonchev–Trinajstić information content (AvgIpc) is 2.81. The van der Waals surface area contributed by atoms with E-state index < -0.39 is 23.3 Å². The van der Waals surface area contributed by atoms with E-state index in [-0.39, 0.29) is 13.2 Å². The molecule has 1 saturated heterocycles. The molecule has 1 N–H and O–H groups in total. The molecule has 0 aliphatic carbocycles. The molecule has 1 rings (SSSR count). The first kappa shape index (κ1) is 17.9. The smallest absolute Gasteiger partial charge is 0.302 e. The van der Waals surface area contributed by atoms with Gasteiger partial charge in [-0.05, 0) is 19.8 Å². The van der Waals surface area contributed by atoms with Gasteiger partial charge in [-0.15, -0.1) is 0 Å². The van der Waals surface area contributed by atoms with Gasteiger partial charge < -0.3 is 24.1 Å². The molecule has 122 valence electrons. The molecule has 1 fully saturated rings. The van der Waals surface area contributed by atoms with E-state index in [0.717, 1.165) is 0 Å². The summed E-state index contributed by atoms with van der Waals surface area (Å²) in [5, 5.41) is 10.4. The zero-order valence-electron chi connectivity index (χ0n) is 12.8. The van der Waals surface area contributed by atoms with Crippen LogP contribution in [-0.2, 0) is 28.5 Å². The zero-order valence-corrected chi connectivity index (χ0v) is 12.8. The highest BCUT2D eigenvalue weighted by atomic mass is 16.7. The van der Waals surface area contributed by atoms with E-state index in [4.69, 9.17) is 18.9 Å². The molecule has 0 aromatic rings. The van der Waals surface area contributed by atoms with Gasteiger partial charge >= 0.3 is 11.9 Å². The first-order chi connectivity index (χ1) is 9.75. The normalized spacial score (nSPS) is 17.5. The predicted octanol–water partition coefficient (Wildman–Crippen LogP) is 0.777. The van der Waals surface area contributed by atoms with E-state index in [1.54, 1.807) is 0 Å². The summed E-state index contributed by atoms with van der Waals surface area (Å²) in [6.07, 6.45) is 1.47. The molecule has 0 bridgehead atoms. The Balaban J connectivity index is 2.46. The van der Waals surface area contributed by atoms with E-state index in [1.165, 1.54) is 13.8 Å². The lowest BCUT2D eigenvalue weighted by Crippen LogP contribution is -2.41. The minimum Gasteiger partial charge on any atom is -0.463 e. The lowest BCUT2D eigenvalue weighted by Gasteiger charge is -2.29. The maximum absolute atomic E-state index is 10.9. The van der Waals surface area contributed by atoms with Gasteiger partial charge in [-0.25, -0.2) is 0 Å². The number of rotatable bonds is 8. The summed E-state index contributed by atoms with van der Waals surface area (Å²) >= 11 is 0. The van der Waals surface area contributed by atoms with Crippen molar-refractivity contribution < 1.29 is 33.6 Å². The molecule has 0 atom stereocenters. The van der Waals surface area contributed by atoms with Gasteiger partial charge in [0.25, 0.3) is 0 Å². The number of aliphatic hydroxyl groups is 1. The van der Waals surface area contributed by atoms with Gasteiger partial charge in [-0.3, -0.25) is 9.59 Å². The predicted molar refractivity (Wildman–Crippen MR) is 72.4 cm³/mol. The Morgan fingerprint density at radius 2 is 1.62 bits per heavy atom. The first-order valence-corrected chi connectivity index (χ1v) is 7.02. The van der Waals surface area contributed by atoms with Crippen molar-refractivity contribution >= 4 is 11.9 Å². The Bertz CT molecular complexity index is 342. The van der Waals surface area contributed by atoms with Gasteiger partial charge in [0.05, 0.1) is 13.2 Å². The van der Waals surface area contributed by atoms with Crippen molar-refractivity contribution in [3.05, 3.63) is 0 Å². The molecule has 0 spiro atoms. The highest BCUT2D eigenvalue weighted by Gasteiger charge is 2.34. The highest BCUT2D eigenvalue weighted by Crippen LogP contribution is 2.27. The van der Waals surface area contributed by atoms with E-state index >= 15 is 0 Å². The molecule has 0 aromatic carbocycles. The molecule has 1 heterocycles. The summed E-state index contributed by atoms with van der Waals surface area (Å²) in [4.78, 5) is 21.8. The van der Waals surface area contributed by atoms with E-state index in [1.807, 2.05) is 6.92 Å². The van der Waals surface area contributed by atoms with Gasteiger partial charge in [0.1, 0.15) is 18.8 Å². The van der Waals surface area contributed by atoms with Crippen LogP contribution in [0.4, 0.5) is 0 Å². The van der Waals surface area contributed by atoms with E-state index in [0.29, 0.717) is 32.5 Å².